The summed E-state index contributed by atoms with van der Waals surface area (Å²) in [4.78, 5) is 48.0. The van der Waals surface area contributed by atoms with Crippen molar-refractivity contribution in [1.29, 1.82) is 0 Å². The molecular weight excluding hydrogens is 476 g/mol. The van der Waals surface area contributed by atoms with Gasteiger partial charge in [0.2, 0.25) is 5.91 Å². The molecule has 4 saturated heterocycles. The van der Waals surface area contributed by atoms with Crippen LogP contribution in [0, 0.1) is 17.3 Å². The van der Waals surface area contributed by atoms with E-state index in [9.17, 15) is 14.4 Å². The van der Waals surface area contributed by atoms with Gasteiger partial charge in [0.05, 0.1) is 0 Å². The van der Waals surface area contributed by atoms with Crippen LogP contribution in [0.5, 0.6) is 0 Å². The molecule has 0 aromatic heterocycles. The monoisotopic (exact) mass is 520 g/mol. The van der Waals surface area contributed by atoms with Crippen molar-refractivity contribution in [2.24, 2.45) is 17.3 Å². The van der Waals surface area contributed by atoms with Crippen LogP contribution < -0.4 is 0 Å². The zero-order valence-electron chi connectivity index (χ0n) is 23.6. The Morgan fingerprint density at radius 1 is 0.947 bits per heavy atom. The van der Waals surface area contributed by atoms with E-state index in [0.717, 1.165) is 51.9 Å². The molecule has 4 atom stereocenters. The van der Waals surface area contributed by atoms with Crippen molar-refractivity contribution < 1.29 is 14.4 Å². The highest BCUT2D eigenvalue weighted by molar-refractivity contribution is 6.07. The van der Waals surface area contributed by atoms with Gasteiger partial charge in [-0.2, -0.15) is 0 Å². The fourth-order valence-electron chi connectivity index (χ4n) is 7.87. The lowest BCUT2D eigenvalue weighted by molar-refractivity contribution is -0.137. The Morgan fingerprint density at radius 3 is 2.21 bits per heavy atom. The number of imide groups is 1. The van der Waals surface area contributed by atoms with Gasteiger partial charge in [-0.1, -0.05) is 51.1 Å². The largest absolute Gasteiger partial charge is 0.342 e. The van der Waals surface area contributed by atoms with Crippen molar-refractivity contribution in [3.05, 3.63) is 35.9 Å². The van der Waals surface area contributed by atoms with Crippen molar-refractivity contribution in [2.45, 2.75) is 89.3 Å². The van der Waals surface area contributed by atoms with E-state index >= 15 is 0 Å². The molecule has 1 spiro atoms. The normalized spacial score (nSPS) is 33.7. The highest BCUT2D eigenvalue weighted by Crippen LogP contribution is 2.49. The molecule has 5 fully saturated rings. The molecule has 7 heteroatoms. The third kappa shape index (κ3) is 4.55. The summed E-state index contributed by atoms with van der Waals surface area (Å²) in [6.07, 6.45) is 6.59. The number of hydrogen-bond acceptors (Lipinski definition) is 4. The lowest BCUT2D eigenvalue weighted by Gasteiger charge is -2.47. The Hall–Kier alpha value is -2.41. The maximum Gasteiger partial charge on any atom is 0.327 e. The minimum Gasteiger partial charge on any atom is -0.342 e. The van der Waals surface area contributed by atoms with E-state index in [0.29, 0.717) is 36.3 Å². The van der Waals surface area contributed by atoms with E-state index in [1.165, 1.54) is 23.3 Å². The van der Waals surface area contributed by atoms with Crippen LogP contribution in [0.15, 0.2) is 30.3 Å². The van der Waals surface area contributed by atoms with Crippen molar-refractivity contribution in [3.63, 3.8) is 0 Å². The van der Waals surface area contributed by atoms with E-state index < -0.39 is 5.54 Å². The summed E-state index contributed by atoms with van der Waals surface area (Å²) in [7, 11) is 1.67. The van der Waals surface area contributed by atoms with Gasteiger partial charge in [-0.15, -0.1) is 0 Å². The number of benzene rings is 1. The molecule has 5 aliphatic rings. The summed E-state index contributed by atoms with van der Waals surface area (Å²) in [5.74, 6) is 1.52. The summed E-state index contributed by atoms with van der Waals surface area (Å²) >= 11 is 0. The minimum atomic E-state index is -0.653. The summed E-state index contributed by atoms with van der Waals surface area (Å²) in [6.45, 7) is 9.66. The first-order valence-electron chi connectivity index (χ1n) is 14.7. The Kier molecular flexibility index (Phi) is 6.36. The summed E-state index contributed by atoms with van der Waals surface area (Å²) in [6, 6.07) is 11.2. The SMILES string of the molecule is CN1C(=O)N(CC2CC2)C2(CC3CCC(C2)N3C[C@H]2CN(C(=O)CC(C)(C)C)C[C@@H]2c2ccccc2)C1=O. The van der Waals surface area contributed by atoms with Gasteiger partial charge in [-0.3, -0.25) is 19.4 Å². The number of likely N-dealkylation sites (tertiary alicyclic amines) is 1. The van der Waals surface area contributed by atoms with Crippen LogP contribution in [0.1, 0.15) is 77.2 Å². The molecule has 6 rings (SSSR count). The standard InChI is InChI=1S/C31H44N4O3/c1-30(2,3)16-27(36)33-18-23(26(20-33)22-8-6-5-7-9-22)19-34-24-12-13-25(34)15-31(14-24)28(37)32(4)29(38)35(31)17-21-10-11-21/h5-9,21,23-26H,10-20H2,1-4H3/t23-,24?,25?,26-,31?/m1/s1. The van der Waals surface area contributed by atoms with Gasteiger partial charge in [-0.05, 0) is 61.3 Å². The zero-order valence-corrected chi connectivity index (χ0v) is 23.6. The first kappa shape index (κ1) is 25.8. The number of carbonyl (C=O) groups is 3. The predicted molar refractivity (Wildman–Crippen MR) is 146 cm³/mol. The lowest BCUT2D eigenvalue weighted by atomic mass is 9.80. The molecule has 1 aromatic rings. The number of urea groups is 1. The van der Waals surface area contributed by atoms with Gasteiger partial charge in [-0.25, -0.2) is 4.79 Å². The second-order valence-corrected chi connectivity index (χ2v) is 14.0. The third-order valence-corrected chi connectivity index (χ3v) is 9.94. The number of fused-ring (bicyclic) bond motifs is 2. The van der Waals surface area contributed by atoms with Crippen LogP contribution in [0.3, 0.4) is 0 Å². The van der Waals surface area contributed by atoms with Crippen LogP contribution in [0.2, 0.25) is 0 Å². The fraction of sp³-hybridized carbons (Fsp3) is 0.710. The smallest absolute Gasteiger partial charge is 0.327 e. The number of piperidine rings is 1. The van der Waals surface area contributed by atoms with E-state index in [-0.39, 0.29) is 23.3 Å². The lowest BCUT2D eigenvalue weighted by Crippen LogP contribution is -2.61. The molecule has 206 valence electrons. The van der Waals surface area contributed by atoms with Crippen LogP contribution in [-0.4, -0.2) is 88.3 Å². The maximum absolute atomic E-state index is 13.5. The molecule has 1 aliphatic carbocycles. The Balaban J connectivity index is 1.22. The number of carbonyl (C=O) groups excluding carboxylic acids is 3. The van der Waals surface area contributed by atoms with Crippen molar-refractivity contribution in [2.75, 3.05) is 33.2 Å². The highest BCUT2D eigenvalue weighted by atomic mass is 16.2. The van der Waals surface area contributed by atoms with Gasteiger partial charge in [0.1, 0.15) is 5.54 Å². The number of likely N-dealkylation sites (N-methyl/N-ethyl adjacent to an activating group) is 1. The molecular formula is C31H44N4O3. The summed E-state index contributed by atoms with van der Waals surface area (Å²) in [5.41, 5.74) is 0.640. The van der Waals surface area contributed by atoms with E-state index in [2.05, 4.69) is 60.9 Å². The molecule has 0 N–H and O–H groups in total. The number of nitrogens with zero attached hydrogens (tertiary/aromatic N) is 4. The fourth-order valence-corrected chi connectivity index (χ4v) is 7.87. The maximum atomic E-state index is 13.5. The third-order valence-electron chi connectivity index (χ3n) is 9.94. The van der Waals surface area contributed by atoms with E-state index in [1.807, 2.05) is 4.90 Å². The van der Waals surface area contributed by atoms with Gasteiger partial charge in [0.15, 0.2) is 0 Å². The molecule has 1 saturated carbocycles. The topological polar surface area (TPSA) is 64.2 Å². The molecule has 4 heterocycles. The first-order valence-corrected chi connectivity index (χ1v) is 14.7. The molecule has 2 bridgehead atoms. The van der Waals surface area contributed by atoms with E-state index in [4.69, 9.17) is 0 Å². The van der Waals surface area contributed by atoms with Crippen LogP contribution in [-0.2, 0) is 9.59 Å². The molecule has 7 nitrogen and oxygen atoms in total. The Bertz CT molecular complexity index is 1080. The van der Waals surface area contributed by atoms with Crippen LogP contribution in [0.25, 0.3) is 0 Å². The van der Waals surface area contributed by atoms with Crippen LogP contribution >= 0.6 is 0 Å². The second kappa shape index (κ2) is 9.35. The molecule has 1 aromatic carbocycles. The van der Waals surface area contributed by atoms with Gasteiger partial charge in [0.25, 0.3) is 5.91 Å². The van der Waals surface area contributed by atoms with E-state index in [1.54, 1.807) is 7.05 Å². The van der Waals surface area contributed by atoms with Crippen molar-refractivity contribution in [1.82, 2.24) is 19.6 Å². The zero-order chi connectivity index (χ0) is 26.8. The number of amides is 4. The average Bonchev–Trinajstić information content (AvgIpc) is 3.52. The number of hydrogen-bond donors (Lipinski definition) is 0. The predicted octanol–water partition coefficient (Wildman–Crippen LogP) is 4.33. The average molecular weight is 521 g/mol. The second-order valence-electron chi connectivity index (χ2n) is 14.0. The summed E-state index contributed by atoms with van der Waals surface area (Å²) in [5, 5.41) is 0. The molecule has 4 aliphatic heterocycles. The van der Waals surface area contributed by atoms with Gasteiger partial charge >= 0.3 is 6.03 Å². The highest BCUT2D eigenvalue weighted by Gasteiger charge is 2.62. The molecule has 38 heavy (non-hydrogen) atoms. The van der Waals surface area contributed by atoms with Crippen LogP contribution in [0.4, 0.5) is 4.79 Å². The minimum absolute atomic E-state index is 0.0154. The van der Waals surface area contributed by atoms with Gasteiger partial charge < -0.3 is 9.80 Å². The molecule has 0 radical (unpaired) electrons. The quantitative estimate of drug-likeness (QED) is 0.524. The van der Waals surface area contributed by atoms with Crippen molar-refractivity contribution >= 4 is 17.8 Å². The number of rotatable bonds is 6. The Morgan fingerprint density at radius 2 is 1.61 bits per heavy atom. The Labute approximate surface area is 227 Å². The summed E-state index contributed by atoms with van der Waals surface area (Å²) < 4.78 is 0. The molecule has 4 amide bonds. The molecule has 2 unspecified atom stereocenters. The van der Waals surface area contributed by atoms with Gasteiger partial charge in [0, 0.05) is 57.6 Å². The first-order chi connectivity index (χ1) is 18.1. The van der Waals surface area contributed by atoms with Crippen molar-refractivity contribution in [3.8, 4) is 0 Å².